The smallest absolute Gasteiger partial charge is 0.225 e. The van der Waals surface area contributed by atoms with E-state index in [0.29, 0.717) is 6.42 Å². The lowest BCUT2D eigenvalue weighted by molar-refractivity contribution is -0.116. The molecule has 0 unspecified atom stereocenters. The normalized spacial score (nSPS) is 16.5. The molecule has 0 aliphatic carbocycles. The van der Waals surface area contributed by atoms with Crippen molar-refractivity contribution in [2.45, 2.75) is 32.3 Å². The number of amides is 1. The van der Waals surface area contributed by atoms with E-state index in [4.69, 9.17) is 4.74 Å². The second-order valence-corrected chi connectivity index (χ2v) is 7.76. The number of anilines is 1. The van der Waals surface area contributed by atoms with Crippen LogP contribution in [0, 0.1) is 0 Å². The van der Waals surface area contributed by atoms with Crippen molar-refractivity contribution >= 4 is 38.3 Å². The second kappa shape index (κ2) is 6.76. The Bertz CT molecular complexity index is 979. The minimum Gasteiger partial charge on any atom is -0.491 e. The number of halogens is 1. The summed E-state index contributed by atoms with van der Waals surface area (Å²) in [6.45, 7) is 4.02. The van der Waals surface area contributed by atoms with Crippen molar-refractivity contribution in [1.29, 1.82) is 0 Å². The van der Waals surface area contributed by atoms with Crippen LogP contribution in [-0.4, -0.2) is 12.0 Å². The fourth-order valence-corrected chi connectivity index (χ4v) is 4.19. The first-order chi connectivity index (χ1) is 12.5. The Morgan fingerprint density at radius 2 is 1.77 bits per heavy atom. The Labute approximate surface area is 161 Å². The average molecular weight is 410 g/mol. The van der Waals surface area contributed by atoms with Gasteiger partial charge in [0.2, 0.25) is 5.91 Å². The van der Waals surface area contributed by atoms with Crippen LogP contribution < -0.4 is 10.1 Å². The van der Waals surface area contributed by atoms with Crippen molar-refractivity contribution in [3.63, 3.8) is 0 Å². The molecule has 1 aliphatic heterocycles. The topological polar surface area (TPSA) is 38.3 Å². The van der Waals surface area contributed by atoms with Crippen LogP contribution in [0.15, 0.2) is 59.1 Å². The minimum absolute atomic E-state index is 0.0350. The summed E-state index contributed by atoms with van der Waals surface area (Å²) < 4.78 is 6.79. The average Bonchev–Trinajstić information content (AvgIpc) is 2.62. The molecule has 0 saturated carbocycles. The lowest BCUT2D eigenvalue weighted by atomic mass is 9.83. The molecule has 1 aliphatic rings. The third kappa shape index (κ3) is 3.10. The fraction of sp³-hybridized carbons (Fsp3) is 0.227. The summed E-state index contributed by atoms with van der Waals surface area (Å²) >= 11 is 3.70. The van der Waals surface area contributed by atoms with Gasteiger partial charge >= 0.3 is 0 Å². The van der Waals surface area contributed by atoms with Crippen LogP contribution >= 0.6 is 15.9 Å². The van der Waals surface area contributed by atoms with Crippen LogP contribution in [0.3, 0.4) is 0 Å². The van der Waals surface area contributed by atoms with Crippen LogP contribution in [0.2, 0.25) is 0 Å². The van der Waals surface area contributed by atoms with Crippen molar-refractivity contribution in [1.82, 2.24) is 0 Å². The maximum Gasteiger partial charge on any atom is 0.225 e. The van der Waals surface area contributed by atoms with Crippen molar-refractivity contribution in [2.24, 2.45) is 0 Å². The number of ether oxygens (including phenoxy) is 1. The maximum atomic E-state index is 12.4. The lowest BCUT2D eigenvalue weighted by Gasteiger charge is -2.28. The van der Waals surface area contributed by atoms with Gasteiger partial charge in [-0.3, -0.25) is 4.79 Å². The molecule has 0 aromatic heterocycles. The molecule has 0 bridgehead atoms. The van der Waals surface area contributed by atoms with Crippen molar-refractivity contribution in [3.05, 3.63) is 70.2 Å². The van der Waals surface area contributed by atoms with Gasteiger partial charge in [-0.15, -0.1) is 0 Å². The van der Waals surface area contributed by atoms with E-state index in [0.717, 1.165) is 37.8 Å². The highest BCUT2D eigenvalue weighted by Crippen LogP contribution is 2.43. The van der Waals surface area contributed by atoms with Crippen molar-refractivity contribution in [2.75, 3.05) is 5.32 Å². The Morgan fingerprint density at radius 3 is 2.46 bits per heavy atom. The van der Waals surface area contributed by atoms with Crippen LogP contribution in [0.1, 0.15) is 37.3 Å². The van der Waals surface area contributed by atoms with Gasteiger partial charge in [0, 0.05) is 22.2 Å². The molecule has 0 radical (unpaired) electrons. The molecule has 1 N–H and O–H groups in total. The van der Waals surface area contributed by atoms with Crippen LogP contribution in [0.4, 0.5) is 5.69 Å². The van der Waals surface area contributed by atoms with Gasteiger partial charge < -0.3 is 10.1 Å². The molecule has 4 rings (SSSR count). The van der Waals surface area contributed by atoms with Crippen LogP contribution in [-0.2, 0) is 4.79 Å². The molecular formula is C22H20BrNO2. The first-order valence-corrected chi connectivity index (χ1v) is 9.60. The van der Waals surface area contributed by atoms with E-state index in [-0.39, 0.29) is 17.9 Å². The van der Waals surface area contributed by atoms with Crippen LogP contribution in [0.25, 0.3) is 10.8 Å². The van der Waals surface area contributed by atoms with E-state index in [1.54, 1.807) is 0 Å². The van der Waals surface area contributed by atoms with Gasteiger partial charge in [-0.05, 0) is 48.6 Å². The van der Waals surface area contributed by atoms with Gasteiger partial charge in [0.1, 0.15) is 5.75 Å². The van der Waals surface area contributed by atoms with E-state index in [2.05, 4.69) is 51.6 Å². The number of benzene rings is 3. The lowest BCUT2D eigenvalue weighted by Crippen LogP contribution is -2.23. The highest BCUT2D eigenvalue weighted by molar-refractivity contribution is 9.10. The quantitative estimate of drug-likeness (QED) is 0.587. The number of nitrogens with one attached hydrogen (secondary N) is 1. The molecule has 0 spiro atoms. The minimum atomic E-state index is 0.0350. The first kappa shape index (κ1) is 17.1. The van der Waals surface area contributed by atoms with E-state index >= 15 is 0 Å². The molecular weight excluding hydrogens is 390 g/mol. The zero-order valence-corrected chi connectivity index (χ0v) is 16.3. The van der Waals surface area contributed by atoms with Gasteiger partial charge in [0.15, 0.2) is 0 Å². The number of carbonyl (C=O) groups excluding carboxylic acids is 1. The van der Waals surface area contributed by atoms with E-state index in [9.17, 15) is 4.79 Å². The predicted octanol–water partition coefficient (Wildman–Crippen LogP) is 5.86. The fourth-order valence-electron chi connectivity index (χ4n) is 3.60. The molecule has 1 amide bonds. The van der Waals surface area contributed by atoms with E-state index in [1.807, 2.05) is 38.1 Å². The second-order valence-electron chi connectivity index (χ2n) is 6.91. The molecule has 3 nitrogen and oxygen atoms in total. The Balaban J connectivity index is 1.81. The Morgan fingerprint density at radius 1 is 1.08 bits per heavy atom. The van der Waals surface area contributed by atoms with Crippen molar-refractivity contribution < 1.29 is 9.53 Å². The SMILES string of the molecule is CC(C)Oc1ccc([C@@H]2CC(=O)Nc3c2cc(Br)c2ccccc32)cc1. The molecule has 3 aromatic carbocycles. The highest BCUT2D eigenvalue weighted by atomic mass is 79.9. The zero-order valence-electron chi connectivity index (χ0n) is 14.8. The molecule has 1 atom stereocenters. The summed E-state index contributed by atoms with van der Waals surface area (Å²) in [6, 6.07) is 18.4. The monoisotopic (exact) mass is 409 g/mol. The third-order valence-corrected chi connectivity index (χ3v) is 5.36. The highest BCUT2D eigenvalue weighted by Gasteiger charge is 2.28. The Kier molecular flexibility index (Phi) is 4.45. The summed E-state index contributed by atoms with van der Waals surface area (Å²) in [5, 5.41) is 5.25. The first-order valence-electron chi connectivity index (χ1n) is 8.80. The number of hydrogen-bond acceptors (Lipinski definition) is 2. The van der Waals surface area contributed by atoms with Crippen molar-refractivity contribution in [3.8, 4) is 5.75 Å². The largest absolute Gasteiger partial charge is 0.491 e. The van der Waals surface area contributed by atoms with E-state index in [1.165, 1.54) is 0 Å². The summed E-state index contributed by atoms with van der Waals surface area (Å²) in [5.74, 6) is 0.939. The summed E-state index contributed by atoms with van der Waals surface area (Å²) in [6.07, 6.45) is 0.590. The zero-order chi connectivity index (χ0) is 18.3. The van der Waals surface area contributed by atoms with Gasteiger partial charge in [-0.1, -0.05) is 52.3 Å². The number of rotatable bonds is 3. The van der Waals surface area contributed by atoms with Gasteiger partial charge in [-0.25, -0.2) is 0 Å². The van der Waals surface area contributed by atoms with E-state index < -0.39 is 0 Å². The molecule has 0 fully saturated rings. The Hall–Kier alpha value is -2.33. The number of fused-ring (bicyclic) bond motifs is 3. The third-order valence-electron chi connectivity index (χ3n) is 4.71. The van der Waals surface area contributed by atoms with Gasteiger partial charge in [-0.2, -0.15) is 0 Å². The molecule has 0 saturated heterocycles. The molecule has 26 heavy (non-hydrogen) atoms. The van der Waals surface area contributed by atoms with Gasteiger partial charge in [0.05, 0.1) is 11.8 Å². The standard InChI is InChI=1S/C22H20BrNO2/c1-13(2)26-15-9-7-14(8-10-15)18-12-21(25)24-22-17-6-4-3-5-16(17)20(23)11-19(18)22/h3-11,13,18H,12H2,1-2H3,(H,24,25)/t18-/m0/s1. The predicted molar refractivity (Wildman–Crippen MR) is 109 cm³/mol. The summed E-state index contributed by atoms with van der Waals surface area (Å²) in [7, 11) is 0. The molecule has 132 valence electrons. The summed E-state index contributed by atoms with van der Waals surface area (Å²) in [4.78, 5) is 12.4. The van der Waals surface area contributed by atoms with Gasteiger partial charge in [0.25, 0.3) is 0 Å². The number of hydrogen-bond donors (Lipinski definition) is 1. The maximum absolute atomic E-state index is 12.4. The molecule has 3 aromatic rings. The molecule has 4 heteroatoms. The molecule has 1 heterocycles. The summed E-state index contributed by atoms with van der Waals surface area (Å²) in [5.41, 5.74) is 3.19. The number of carbonyl (C=O) groups is 1. The van der Waals surface area contributed by atoms with Crippen LogP contribution in [0.5, 0.6) is 5.75 Å².